The van der Waals surface area contributed by atoms with Crippen LogP contribution in [-0.2, 0) is 6.42 Å². The third-order valence-electron chi connectivity index (χ3n) is 5.08. The highest BCUT2D eigenvalue weighted by molar-refractivity contribution is 6.30. The van der Waals surface area contributed by atoms with Crippen molar-refractivity contribution in [1.29, 1.82) is 0 Å². The van der Waals surface area contributed by atoms with Crippen molar-refractivity contribution in [3.05, 3.63) is 81.4 Å². The number of H-pyrrole nitrogens is 1. The van der Waals surface area contributed by atoms with Crippen LogP contribution in [0.1, 0.15) is 43.7 Å². The van der Waals surface area contributed by atoms with Gasteiger partial charge in [-0.3, -0.25) is 9.78 Å². The van der Waals surface area contributed by atoms with Gasteiger partial charge in [-0.2, -0.15) is 0 Å². The summed E-state index contributed by atoms with van der Waals surface area (Å²) in [5.74, 6) is 1.55. The average Bonchev–Trinajstić information content (AvgIpc) is 2.79. The molecule has 31 heavy (non-hydrogen) atoms. The van der Waals surface area contributed by atoms with Crippen LogP contribution in [0.25, 0.3) is 0 Å². The summed E-state index contributed by atoms with van der Waals surface area (Å²) in [6, 6.07) is 13.5. The number of anilines is 2. The SMILES string of the molecule is CCCCN(CCCCNc1ncc(Cc2ccc(Cl)cc2)c(=O)[nH]1)c1ccccn1. The molecule has 0 aliphatic heterocycles. The van der Waals surface area contributed by atoms with E-state index in [1.165, 1.54) is 0 Å². The van der Waals surface area contributed by atoms with Crippen molar-refractivity contribution in [1.82, 2.24) is 15.0 Å². The predicted molar refractivity (Wildman–Crippen MR) is 128 cm³/mol. The fourth-order valence-corrected chi connectivity index (χ4v) is 3.45. The second-order valence-electron chi connectivity index (χ2n) is 7.55. The molecule has 6 nitrogen and oxygen atoms in total. The Balaban J connectivity index is 1.45. The number of nitrogens with zero attached hydrogens (tertiary/aromatic N) is 3. The molecule has 0 radical (unpaired) electrons. The first kappa shape index (κ1) is 22.8. The molecule has 0 saturated heterocycles. The first-order valence-corrected chi connectivity index (χ1v) is 11.3. The van der Waals surface area contributed by atoms with Crippen LogP contribution < -0.4 is 15.8 Å². The molecule has 0 saturated carbocycles. The molecule has 164 valence electrons. The van der Waals surface area contributed by atoms with Gasteiger partial charge in [0, 0.05) is 49.0 Å². The van der Waals surface area contributed by atoms with Crippen molar-refractivity contribution in [2.45, 2.75) is 39.0 Å². The molecule has 0 atom stereocenters. The second-order valence-corrected chi connectivity index (χ2v) is 7.99. The number of hydrogen-bond donors (Lipinski definition) is 2. The molecule has 0 bridgehead atoms. The Morgan fingerprint density at radius 3 is 2.55 bits per heavy atom. The molecule has 3 rings (SSSR count). The number of nitrogens with one attached hydrogen (secondary N) is 2. The van der Waals surface area contributed by atoms with Gasteiger partial charge in [-0.15, -0.1) is 0 Å². The average molecular weight is 440 g/mol. The van der Waals surface area contributed by atoms with Crippen molar-refractivity contribution in [2.75, 3.05) is 29.9 Å². The Labute approximate surface area is 188 Å². The zero-order chi connectivity index (χ0) is 21.9. The number of unbranched alkanes of at least 4 members (excludes halogenated alkanes) is 2. The summed E-state index contributed by atoms with van der Waals surface area (Å²) in [7, 11) is 0. The Morgan fingerprint density at radius 2 is 1.84 bits per heavy atom. The van der Waals surface area contributed by atoms with E-state index in [-0.39, 0.29) is 5.56 Å². The number of aromatic amines is 1. The molecule has 3 aromatic rings. The molecule has 0 fully saturated rings. The minimum Gasteiger partial charge on any atom is -0.357 e. The van der Waals surface area contributed by atoms with Crippen LogP contribution in [0.15, 0.2) is 59.7 Å². The van der Waals surface area contributed by atoms with Crippen LogP contribution in [0.3, 0.4) is 0 Å². The maximum absolute atomic E-state index is 12.4. The van der Waals surface area contributed by atoms with E-state index in [9.17, 15) is 4.79 Å². The summed E-state index contributed by atoms with van der Waals surface area (Å²) in [6.07, 6.45) is 8.34. The maximum Gasteiger partial charge on any atom is 0.255 e. The van der Waals surface area contributed by atoms with Gasteiger partial charge in [0.2, 0.25) is 5.95 Å². The van der Waals surface area contributed by atoms with Crippen LogP contribution in [0, 0.1) is 0 Å². The van der Waals surface area contributed by atoms with Crippen molar-refractivity contribution >= 4 is 23.4 Å². The highest BCUT2D eigenvalue weighted by Crippen LogP contribution is 2.13. The molecule has 2 N–H and O–H groups in total. The van der Waals surface area contributed by atoms with Gasteiger partial charge in [0.15, 0.2) is 0 Å². The maximum atomic E-state index is 12.4. The van der Waals surface area contributed by atoms with E-state index in [4.69, 9.17) is 11.6 Å². The van der Waals surface area contributed by atoms with Gasteiger partial charge < -0.3 is 10.2 Å². The summed E-state index contributed by atoms with van der Waals surface area (Å²) in [4.78, 5) is 26.4. The molecule has 0 aliphatic carbocycles. The molecule has 2 heterocycles. The molecule has 0 unspecified atom stereocenters. The van der Waals surface area contributed by atoms with Crippen molar-refractivity contribution < 1.29 is 0 Å². The number of hydrogen-bond acceptors (Lipinski definition) is 5. The Hall–Kier alpha value is -2.86. The highest BCUT2D eigenvalue weighted by Gasteiger charge is 2.07. The number of pyridine rings is 1. The first-order valence-electron chi connectivity index (χ1n) is 10.9. The van der Waals surface area contributed by atoms with E-state index in [1.54, 1.807) is 6.20 Å². The minimum absolute atomic E-state index is 0.117. The van der Waals surface area contributed by atoms with Crippen LogP contribution in [-0.4, -0.2) is 34.6 Å². The van der Waals surface area contributed by atoms with Gasteiger partial charge in [-0.05, 0) is 49.1 Å². The first-order chi connectivity index (χ1) is 15.2. The molecule has 0 spiro atoms. The lowest BCUT2D eigenvalue weighted by atomic mass is 10.1. The van der Waals surface area contributed by atoms with Crippen molar-refractivity contribution in [2.24, 2.45) is 0 Å². The molecule has 0 amide bonds. The number of aromatic nitrogens is 3. The fourth-order valence-electron chi connectivity index (χ4n) is 3.32. The number of rotatable bonds is 12. The van der Waals surface area contributed by atoms with E-state index in [1.807, 2.05) is 42.6 Å². The summed E-state index contributed by atoms with van der Waals surface area (Å²) in [6.45, 7) is 4.94. The third kappa shape index (κ3) is 7.40. The van der Waals surface area contributed by atoms with Gasteiger partial charge in [-0.1, -0.05) is 43.1 Å². The molecule has 1 aromatic carbocycles. The summed E-state index contributed by atoms with van der Waals surface area (Å²) < 4.78 is 0. The highest BCUT2D eigenvalue weighted by atomic mass is 35.5. The van der Waals surface area contributed by atoms with Crippen LogP contribution in [0.4, 0.5) is 11.8 Å². The van der Waals surface area contributed by atoms with E-state index < -0.39 is 0 Å². The van der Waals surface area contributed by atoms with E-state index in [0.29, 0.717) is 23.0 Å². The number of halogens is 1. The normalized spacial score (nSPS) is 10.8. The lowest BCUT2D eigenvalue weighted by molar-refractivity contribution is 0.663. The zero-order valence-electron chi connectivity index (χ0n) is 18.0. The minimum atomic E-state index is -0.117. The summed E-state index contributed by atoms with van der Waals surface area (Å²) in [5, 5.41) is 3.91. The van der Waals surface area contributed by atoms with Gasteiger partial charge in [-0.25, -0.2) is 9.97 Å². The van der Waals surface area contributed by atoms with Crippen LogP contribution in [0.2, 0.25) is 5.02 Å². The molecular weight excluding hydrogens is 410 g/mol. The third-order valence-corrected chi connectivity index (χ3v) is 5.33. The van der Waals surface area contributed by atoms with Gasteiger partial charge in [0.1, 0.15) is 5.82 Å². The molecule has 2 aromatic heterocycles. The van der Waals surface area contributed by atoms with Crippen molar-refractivity contribution in [3.8, 4) is 0 Å². The Bertz CT molecular complexity index is 975. The van der Waals surface area contributed by atoms with Crippen molar-refractivity contribution in [3.63, 3.8) is 0 Å². The second kappa shape index (κ2) is 12.1. The summed E-state index contributed by atoms with van der Waals surface area (Å²) >= 11 is 5.91. The van der Waals surface area contributed by atoms with E-state index >= 15 is 0 Å². The van der Waals surface area contributed by atoms with Crippen LogP contribution >= 0.6 is 11.6 Å². The molecular formula is C24H30ClN5O. The Kier molecular flexibility index (Phi) is 8.91. The lowest BCUT2D eigenvalue weighted by Gasteiger charge is -2.23. The smallest absolute Gasteiger partial charge is 0.255 e. The van der Waals surface area contributed by atoms with E-state index in [0.717, 1.165) is 56.7 Å². The summed E-state index contributed by atoms with van der Waals surface area (Å²) in [5.41, 5.74) is 1.54. The zero-order valence-corrected chi connectivity index (χ0v) is 18.7. The van der Waals surface area contributed by atoms with E-state index in [2.05, 4.69) is 38.2 Å². The largest absolute Gasteiger partial charge is 0.357 e. The molecule has 0 aliphatic rings. The number of benzene rings is 1. The topological polar surface area (TPSA) is 73.9 Å². The lowest BCUT2D eigenvalue weighted by Crippen LogP contribution is -2.27. The van der Waals surface area contributed by atoms with Gasteiger partial charge >= 0.3 is 0 Å². The van der Waals surface area contributed by atoms with Gasteiger partial charge in [0.25, 0.3) is 5.56 Å². The Morgan fingerprint density at radius 1 is 1.03 bits per heavy atom. The monoisotopic (exact) mass is 439 g/mol. The van der Waals surface area contributed by atoms with Crippen LogP contribution in [0.5, 0.6) is 0 Å². The fraction of sp³-hybridized carbons (Fsp3) is 0.375. The molecule has 7 heteroatoms. The quantitative estimate of drug-likeness (QED) is 0.392. The predicted octanol–water partition coefficient (Wildman–Crippen LogP) is 4.91. The van der Waals surface area contributed by atoms with Gasteiger partial charge in [0.05, 0.1) is 0 Å². The standard InChI is InChI=1S/C24H30ClN5O/c1-2-3-15-30(22-8-4-5-13-26-22)16-7-6-14-27-24-28-18-20(23(31)29-24)17-19-9-11-21(25)12-10-19/h4-5,8-13,18H,2-3,6-7,14-17H2,1H3,(H2,27,28,29,31).